The molecule has 142 valence electrons. The van der Waals surface area contributed by atoms with Gasteiger partial charge >= 0.3 is 0 Å². The van der Waals surface area contributed by atoms with Crippen molar-refractivity contribution in [3.63, 3.8) is 0 Å². The van der Waals surface area contributed by atoms with E-state index >= 15 is 0 Å². The molecule has 0 aromatic carbocycles. The molecule has 6 heteroatoms. The molecule has 0 aromatic rings. The molecule has 3 N–H and O–H groups in total. The van der Waals surface area contributed by atoms with Gasteiger partial charge in [0.05, 0.1) is 12.2 Å². The van der Waals surface area contributed by atoms with Crippen LogP contribution < -0.4 is 0 Å². The molecule has 0 heterocycles. The molecule has 8 unspecified atom stereocenters. The number of rotatable bonds is 1. The molecule has 1 spiro atoms. The summed E-state index contributed by atoms with van der Waals surface area (Å²) in [6, 6.07) is 0. The van der Waals surface area contributed by atoms with E-state index in [1.165, 1.54) is 0 Å². The Hall–Kier alpha value is -1.37. The molecule has 4 rings (SSSR count). The van der Waals surface area contributed by atoms with Gasteiger partial charge in [0.1, 0.15) is 17.8 Å². The predicted octanol–water partition coefficient (Wildman–Crippen LogP) is 0.425. The minimum absolute atomic E-state index is 0.101. The summed E-state index contributed by atoms with van der Waals surface area (Å²) in [5.74, 6) is -3.78. The second kappa shape index (κ2) is 5.12. The van der Waals surface area contributed by atoms with E-state index in [0.29, 0.717) is 12.8 Å². The van der Waals surface area contributed by atoms with Gasteiger partial charge in [-0.1, -0.05) is 26.8 Å². The average molecular weight is 362 g/mol. The molecule has 4 aliphatic carbocycles. The zero-order chi connectivity index (χ0) is 19.2. The number of ketones is 2. The van der Waals surface area contributed by atoms with Crippen molar-refractivity contribution in [1.82, 2.24) is 0 Å². The van der Waals surface area contributed by atoms with Crippen LogP contribution in [-0.2, 0) is 14.4 Å². The lowest BCUT2D eigenvalue weighted by Crippen LogP contribution is -2.74. The average Bonchev–Trinajstić information content (AvgIpc) is 2.69. The van der Waals surface area contributed by atoms with Gasteiger partial charge in [-0.05, 0) is 30.3 Å². The summed E-state index contributed by atoms with van der Waals surface area (Å²) >= 11 is 0. The van der Waals surface area contributed by atoms with E-state index in [4.69, 9.17) is 0 Å². The van der Waals surface area contributed by atoms with Gasteiger partial charge < -0.3 is 20.1 Å². The Morgan fingerprint density at radius 1 is 1.12 bits per heavy atom. The second-order valence-corrected chi connectivity index (χ2v) is 9.41. The van der Waals surface area contributed by atoms with E-state index in [1.54, 1.807) is 0 Å². The summed E-state index contributed by atoms with van der Waals surface area (Å²) in [5.41, 5.74) is -3.56. The van der Waals surface area contributed by atoms with Crippen LogP contribution in [0.4, 0.5) is 0 Å². The van der Waals surface area contributed by atoms with E-state index < -0.39 is 63.9 Å². The van der Waals surface area contributed by atoms with Crippen LogP contribution in [0.5, 0.6) is 0 Å². The summed E-state index contributed by atoms with van der Waals surface area (Å²) in [6.07, 6.45) is -1.30. The summed E-state index contributed by atoms with van der Waals surface area (Å²) in [4.78, 5) is 39.0. The van der Waals surface area contributed by atoms with Gasteiger partial charge in [0.2, 0.25) is 0 Å². The molecule has 0 radical (unpaired) electrons. The van der Waals surface area contributed by atoms with Crippen LogP contribution in [0, 0.1) is 34.0 Å². The highest BCUT2D eigenvalue weighted by Crippen LogP contribution is 2.69. The standard InChI is InChI=1S/C20H26O6/c1-9-10-7-11(22)13-19(8-21)6-4-5-18(2,3)14(19)12(23)17(26)20(13,15(9)24)16(10)25/h8,10-14,16,22-23,25H,1,4-7H2,2-3H3. The molecule has 6 nitrogen and oxygen atoms in total. The van der Waals surface area contributed by atoms with Gasteiger partial charge in [-0.2, -0.15) is 0 Å². The van der Waals surface area contributed by atoms with Crippen LogP contribution in [0.2, 0.25) is 0 Å². The van der Waals surface area contributed by atoms with Crippen molar-refractivity contribution < 1.29 is 29.7 Å². The number of Topliss-reactive ketones (excluding diaryl/α,β-unsaturated/α-hetero) is 2. The highest BCUT2D eigenvalue weighted by Gasteiger charge is 2.79. The van der Waals surface area contributed by atoms with Crippen molar-refractivity contribution in [3.8, 4) is 0 Å². The second-order valence-electron chi connectivity index (χ2n) is 9.41. The number of hydrogen-bond acceptors (Lipinski definition) is 6. The molecular weight excluding hydrogens is 336 g/mol. The van der Waals surface area contributed by atoms with E-state index in [0.717, 1.165) is 12.7 Å². The maximum Gasteiger partial charge on any atom is 0.178 e. The number of aliphatic hydroxyl groups is 3. The fourth-order valence-electron chi connectivity index (χ4n) is 7.13. The highest BCUT2D eigenvalue weighted by atomic mass is 16.3. The number of carbonyl (C=O) groups excluding carboxylic acids is 3. The first-order valence-electron chi connectivity index (χ1n) is 9.36. The first-order chi connectivity index (χ1) is 12.1. The fraction of sp³-hybridized carbons (Fsp3) is 0.750. The first kappa shape index (κ1) is 18.0. The number of aliphatic hydroxyl groups excluding tert-OH is 3. The highest BCUT2D eigenvalue weighted by molar-refractivity contribution is 6.20. The normalized spacial score (nSPS) is 52.4. The molecule has 26 heavy (non-hydrogen) atoms. The molecule has 0 saturated heterocycles. The fourth-order valence-corrected chi connectivity index (χ4v) is 7.13. The smallest absolute Gasteiger partial charge is 0.178 e. The van der Waals surface area contributed by atoms with Crippen LogP contribution in [-0.4, -0.2) is 51.5 Å². The Kier molecular flexibility index (Phi) is 3.55. The third kappa shape index (κ3) is 1.67. The van der Waals surface area contributed by atoms with Gasteiger partial charge in [-0.3, -0.25) is 9.59 Å². The van der Waals surface area contributed by atoms with E-state index in [1.807, 2.05) is 13.8 Å². The van der Waals surface area contributed by atoms with Crippen LogP contribution in [0.3, 0.4) is 0 Å². The van der Waals surface area contributed by atoms with Gasteiger partial charge in [-0.25, -0.2) is 0 Å². The molecule has 0 amide bonds. The molecule has 4 aliphatic rings. The summed E-state index contributed by atoms with van der Waals surface area (Å²) in [5, 5.41) is 32.9. The Morgan fingerprint density at radius 3 is 2.38 bits per heavy atom. The van der Waals surface area contributed by atoms with Crippen molar-refractivity contribution in [2.45, 2.75) is 57.8 Å². The van der Waals surface area contributed by atoms with Crippen molar-refractivity contribution in [2.75, 3.05) is 0 Å². The maximum atomic E-state index is 13.4. The first-order valence-corrected chi connectivity index (χ1v) is 9.36. The topological polar surface area (TPSA) is 112 Å². The zero-order valence-corrected chi connectivity index (χ0v) is 15.1. The third-order valence-corrected chi connectivity index (χ3v) is 7.98. The maximum absolute atomic E-state index is 13.4. The van der Waals surface area contributed by atoms with Crippen molar-refractivity contribution in [1.29, 1.82) is 0 Å². The summed E-state index contributed by atoms with van der Waals surface area (Å²) < 4.78 is 0. The SMILES string of the molecule is C=C1C(=O)C23C(=O)C(O)C4C(C)(C)CCCC4(C=O)C2C(O)CC1C3O. The Morgan fingerprint density at radius 2 is 1.77 bits per heavy atom. The lowest BCUT2D eigenvalue weighted by Gasteiger charge is -2.63. The molecular formula is C20H26O6. The third-order valence-electron chi connectivity index (χ3n) is 7.98. The van der Waals surface area contributed by atoms with Crippen LogP contribution in [0.15, 0.2) is 12.2 Å². The van der Waals surface area contributed by atoms with Gasteiger partial charge in [0.15, 0.2) is 11.6 Å². The van der Waals surface area contributed by atoms with Gasteiger partial charge in [0.25, 0.3) is 0 Å². The number of aldehydes is 1. The molecule has 0 aliphatic heterocycles. The molecule has 4 fully saturated rings. The zero-order valence-electron chi connectivity index (χ0n) is 15.1. The summed E-state index contributed by atoms with van der Waals surface area (Å²) in [6.45, 7) is 7.57. The quantitative estimate of drug-likeness (QED) is 0.354. The largest absolute Gasteiger partial charge is 0.393 e. The van der Waals surface area contributed by atoms with Crippen molar-refractivity contribution >= 4 is 17.9 Å². The monoisotopic (exact) mass is 362 g/mol. The predicted molar refractivity (Wildman–Crippen MR) is 90.8 cm³/mol. The van der Waals surface area contributed by atoms with Crippen LogP contribution >= 0.6 is 0 Å². The summed E-state index contributed by atoms with van der Waals surface area (Å²) in [7, 11) is 0. The molecule has 4 saturated carbocycles. The Balaban J connectivity index is 2.02. The van der Waals surface area contributed by atoms with E-state index in [2.05, 4.69) is 6.58 Å². The minimum atomic E-state index is -1.95. The van der Waals surface area contributed by atoms with Gasteiger partial charge in [0, 0.05) is 23.2 Å². The van der Waals surface area contributed by atoms with E-state index in [9.17, 15) is 29.7 Å². The molecule has 0 aromatic heterocycles. The molecule has 8 atom stereocenters. The number of fused-ring (bicyclic) bond motifs is 3. The molecule has 2 bridgehead atoms. The van der Waals surface area contributed by atoms with Gasteiger partial charge in [-0.15, -0.1) is 0 Å². The number of hydrogen-bond donors (Lipinski definition) is 3. The van der Waals surface area contributed by atoms with Crippen LogP contribution in [0.1, 0.15) is 39.5 Å². The van der Waals surface area contributed by atoms with Crippen LogP contribution in [0.25, 0.3) is 0 Å². The van der Waals surface area contributed by atoms with E-state index in [-0.39, 0.29) is 12.0 Å². The lowest BCUT2D eigenvalue weighted by atomic mass is 9.39. The Labute approximate surface area is 152 Å². The lowest BCUT2D eigenvalue weighted by molar-refractivity contribution is -0.228. The van der Waals surface area contributed by atoms with Crippen molar-refractivity contribution in [2.24, 2.45) is 34.0 Å². The Bertz CT molecular complexity index is 726. The number of carbonyl (C=O) groups is 3. The van der Waals surface area contributed by atoms with Crippen molar-refractivity contribution in [3.05, 3.63) is 12.2 Å². The minimum Gasteiger partial charge on any atom is -0.393 e.